The molecule has 1 saturated heterocycles. The zero-order valence-corrected chi connectivity index (χ0v) is 19.0. The van der Waals surface area contributed by atoms with Crippen LogP contribution in [-0.2, 0) is 0 Å². The van der Waals surface area contributed by atoms with E-state index in [2.05, 4.69) is 14.9 Å². The molecule has 3 heterocycles. The second-order valence-corrected chi connectivity index (χ2v) is 9.23. The van der Waals surface area contributed by atoms with Crippen LogP contribution in [0.4, 0.5) is 17.2 Å². The predicted molar refractivity (Wildman–Crippen MR) is 129 cm³/mol. The molecule has 0 saturated carbocycles. The molecule has 4 N–H and O–H groups in total. The lowest BCUT2D eigenvalue weighted by Crippen LogP contribution is -2.32. The highest BCUT2D eigenvalue weighted by molar-refractivity contribution is 8.00. The van der Waals surface area contributed by atoms with Gasteiger partial charge >= 0.3 is 0 Å². The first kappa shape index (κ1) is 21.1. The van der Waals surface area contributed by atoms with Gasteiger partial charge < -0.3 is 25.8 Å². The third-order valence-corrected chi connectivity index (χ3v) is 6.98. The average molecular weight is 453 g/mol. The summed E-state index contributed by atoms with van der Waals surface area (Å²) in [5.74, 6) is 2.09. The third-order valence-electron chi connectivity index (χ3n) is 5.95. The first-order valence-electron chi connectivity index (χ1n) is 10.9. The standard InChI is InChI=1S/C23H28N6O2S/c1-30-19-12-16-17(13-20(19)31-10-4-9-28-7-2-3-8-28)26-14-27-22(16)29-18-6-5-15(24)11-21(18)32-23(29)25/h5-6,11-14,23H,2-4,7-10,24-25H2,1H3. The number of hydrogen-bond acceptors (Lipinski definition) is 9. The van der Waals surface area contributed by atoms with E-state index in [1.807, 2.05) is 35.2 Å². The largest absolute Gasteiger partial charge is 0.493 e. The van der Waals surface area contributed by atoms with E-state index in [1.54, 1.807) is 25.2 Å². The normalized spacial score (nSPS) is 18.3. The Morgan fingerprint density at radius 2 is 1.97 bits per heavy atom. The van der Waals surface area contributed by atoms with Crippen molar-refractivity contribution in [2.75, 3.05) is 44.0 Å². The molecule has 9 heteroatoms. The van der Waals surface area contributed by atoms with Gasteiger partial charge in [-0.3, -0.25) is 4.90 Å². The van der Waals surface area contributed by atoms with Gasteiger partial charge in [-0.15, -0.1) is 0 Å². The summed E-state index contributed by atoms with van der Waals surface area (Å²) in [5, 5.41) is 0.856. The van der Waals surface area contributed by atoms with Crippen molar-refractivity contribution in [2.24, 2.45) is 5.73 Å². The Kier molecular flexibility index (Phi) is 5.95. The van der Waals surface area contributed by atoms with Crippen molar-refractivity contribution in [3.05, 3.63) is 36.7 Å². The smallest absolute Gasteiger partial charge is 0.163 e. The summed E-state index contributed by atoms with van der Waals surface area (Å²) >= 11 is 1.56. The lowest BCUT2D eigenvalue weighted by Gasteiger charge is -2.24. The number of ether oxygens (including phenoxy) is 2. The number of methoxy groups -OCH3 is 1. The van der Waals surface area contributed by atoms with E-state index in [1.165, 1.54) is 25.9 Å². The zero-order valence-electron chi connectivity index (χ0n) is 18.2. The Bertz CT molecular complexity index is 1120. The van der Waals surface area contributed by atoms with Gasteiger partial charge in [0.2, 0.25) is 0 Å². The van der Waals surface area contributed by atoms with Crippen LogP contribution in [0.15, 0.2) is 41.6 Å². The number of benzene rings is 2. The molecule has 3 aromatic rings. The van der Waals surface area contributed by atoms with Gasteiger partial charge in [0.05, 0.1) is 24.9 Å². The van der Waals surface area contributed by atoms with Gasteiger partial charge in [0.1, 0.15) is 17.6 Å². The number of nitrogens with zero attached hydrogens (tertiary/aromatic N) is 4. The van der Waals surface area contributed by atoms with Gasteiger partial charge in [-0.05, 0) is 56.6 Å². The van der Waals surface area contributed by atoms with E-state index in [-0.39, 0.29) is 5.50 Å². The minimum atomic E-state index is -0.308. The van der Waals surface area contributed by atoms with Gasteiger partial charge in [-0.25, -0.2) is 9.97 Å². The molecule has 1 unspecified atom stereocenters. The van der Waals surface area contributed by atoms with Gasteiger partial charge in [-0.2, -0.15) is 0 Å². The summed E-state index contributed by atoms with van der Waals surface area (Å²) < 4.78 is 11.7. The van der Waals surface area contributed by atoms with Crippen molar-refractivity contribution in [2.45, 2.75) is 29.7 Å². The number of nitrogens with two attached hydrogens (primary N) is 2. The molecule has 168 valence electrons. The van der Waals surface area contributed by atoms with Gasteiger partial charge in [0, 0.05) is 28.6 Å². The van der Waals surface area contributed by atoms with Crippen LogP contribution in [0.1, 0.15) is 19.3 Å². The van der Waals surface area contributed by atoms with Crippen LogP contribution >= 0.6 is 11.8 Å². The minimum absolute atomic E-state index is 0.308. The van der Waals surface area contributed by atoms with Gasteiger partial charge in [0.15, 0.2) is 11.5 Å². The van der Waals surface area contributed by atoms with Gasteiger partial charge in [-0.1, -0.05) is 11.8 Å². The van der Waals surface area contributed by atoms with Crippen molar-refractivity contribution in [3.8, 4) is 11.5 Å². The number of anilines is 3. The summed E-state index contributed by atoms with van der Waals surface area (Å²) in [5.41, 5.74) is 14.6. The van der Waals surface area contributed by atoms with Crippen molar-refractivity contribution >= 4 is 39.9 Å². The first-order valence-corrected chi connectivity index (χ1v) is 11.8. The van der Waals surface area contributed by atoms with Crippen LogP contribution in [0.3, 0.4) is 0 Å². The van der Waals surface area contributed by atoms with Crippen LogP contribution in [0.25, 0.3) is 10.9 Å². The third kappa shape index (κ3) is 4.03. The number of rotatable bonds is 7. The molecule has 1 atom stereocenters. The summed E-state index contributed by atoms with van der Waals surface area (Å²) in [6.45, 7) is 4.10. The molecule has 0 bridgehead atoms. The summed E-state index contributed by atoms with van der Waals surface area (Å²) in [4.78, 5) is 14.6. The van der Waals surface area contributed by atoms with Crippen LogP contribution in [-0.4, -0.2) is 53.7 Å². The van der Waals surface area contributed by atoms with E-state index < -0.39 is 0 Å². The summed E-state index contributed by atoms with van der Waals surface area (Å²) in [6.07, 6.45) is 5.15. The quantitative estimate of drug-likeness (QED) is 0.411. The van der Waals surface area contributed by atoms with E-state index in [0.717, 1.165) is 40.3 Å². The van der Waals surface area contributed by atoms with Crippen molar-refractivity contribution in [1.82, 2.24) is 14.9 Å². The second-order valence-electron chi connectivity index (χ2n) is 8.07. The van der Waals surface area contributed by atoms with E-state index in [4.69, 9.17) is 20.9 Å². The number of hydrogen-bond donors (Lipinski definition) is 2. The number of nitrogen functional groups attached to an aromatic ring is 1. The maximum atomic E-state index is 6.46. The minimum Gasteiger partial charge on any atom is -0.493 e. The molecule has 1 fully saturated rings. The van der Waals surface area contributed by atoms with E-state index in [9.17, 15) is 0 Å². The number of aromatic nitrogens is 2. The highest BCUT2D eigenvalue weighted by atomic mass is 32.2. The summed E-state index contributed by atoms with van der Waals surface area (Å²) in [6, 6.07) is 9.66. The fourth-order valence-corrected chi connectivity index (χ4v) is 5.44. The highest BCUT2D eigenvalue weighted by Crippen LogP contribution is 2.47. The highest BCUT2D eigenvalue weighted by Gasteiger charge is 2.31. The molecule has 0 spiro atoms. The fourth-order valence-electron chi connectivity index (χ4n) is 4.37. The second kappa shape index (κ2) is 9.01. The van der Waals surface area contributed by atoms with Crippen LogP contribution in [0.5, 0.6) is 11.5 Å². The lowest BCUT2D eigenvalue weighted by molar-refractivity contribution is 0.254. The topological polar surface area (TPSA) is 103 Å². The molecule has 0 radical (unpaired) electrons. The molecular weight excluding hydrogens is 424 g/mol. The molecule has 2 aliphatic heterocycles. The number of likely N-dealkylation sites (tertiary alicyclic amines) is 1. The maximum Gasteiger partial charge on any atom is 0.163 e. The molecule has 1 aromatic heterocycles. The molecule has 8 nitrogen and oxygen atoms in total. The number of thioether (sulfide) groups is 1. The molecule has 2 aliphatic rings. The van der Waals surface area contributed by atoms with Crippen molar-refractivity contribution in [3.63, 3.8) is 0 Å². The number of fused-ring (bicyclic) bond motifs is 2. The monoisotopic (exact) mass is 452 g/mol. The zero-order chi connectivity index (χ0) is 22.1. The first-order chi connectivity index (χ1) is 15.6. The molecule has 5 rings (SSSR count). The van der Waals surface area contributed by atoms with E-state index in [0.29, 0.717) is 23.8 Å². The van der Waals surface area contributed by atoms with Crippen LogP contribution < -0.4 is 25.8 Å². The van der Waals surface area contributed by atoms with Crippen molar-refractivity contribution in [1.29, 1.82) is 0 Å². The summed E-state index contributed by atoms with van der Waals surface area (Å²) in [7, 11) is 1.65. The average Bonchev–Trinajstić information content (AvgIpc) is 3.42. The predicted octanol–water partition coefficient (Wildman–Crippen LogP) is 3.57. The Labute approximate surface area is 191 Å². The van der Waals surface area contributed by atoms with Gasteiger partial charge in [0.25, 0.3) is 0 Å². The molecule has 2 aromatic carbocycles. The lowest BCUT2D eigenvalue weighted by atomic mass is 10.2. The SMILES string of the molecule is COc1cc2c(N3c4ccc(N)cc4SC3N)ncnc2cc1OCCCN1CCCC1. The Morgan fingerprint density at radius 3 is 2.78 bits per heavy atom. The Balaban J connectivity index is 1.42. The molecule has 32 heavy (non-hydrogen) atoms. The molecule has 0 aliphatic carbocycles. The maximum absolute atomic E-state index is 6.46. The van der Waals surface area contributed by atoms with Crippen molar-refractivity contribution < 1.29 is 9.47 Å². The fraction of sp³-hybridized carbons (Fsp3) is 0.391. The molecule has 0 amide bonds. The Morgan fingerprint density at radius 1 is 1.12 bits per heavy atom. The Hall–Kier alpha value is -2.75. The van der Waals surface area contributed by atoms with Crippen LogP contribution in [0, 0.1) is 0 Å². The van der Waals surface area contributed by atoms with Crippen LogP contribution in [0.2, 0.25) is 0 Å². The molecular formula is C23H28N6O2S. The van der Waals surface area contributed by atoms with E-state index >= 15 is 0 Å².